The lowest BCUT2D eigenvalue weighted by Crippen LogP contribution is -2.05. The van der Waals surface area contributed by atoms with Gasteiger partial charge in [0.05, 0.1) is 17.1 Å². The quantitative estimate of drug-likeness (QED) is 0.448. The number of ketones is 1. The van der Waals surface area contributed by atoms with Gasteiger partial charge in [0.25, 0.3) is 5.69 Å². The fraction of sp³-hybridized carbons (Fsp3) is 0.417. The average molecular weight is 237 g/mol. The minimum atomic E-state index is -0.499. The Morgan fingerprint density at radius 3 is 2.47 bits per heavy atom. The highest BCUT2D eigenvalue weighted by atomic mass is 16.6. The molecule has 5 heteroatoms. The van der Waals surface area contributed by atoms with Crippen LogP contribution in [0.4, 0.5) is 5.69 Å². The summed E-state index contributed by atoms with van der Waals surface area (Å²) in [5.41, 5.74) is 0.889. The molecule has 92 valence electrons. The van der Waals surface area contributed by atoms with Gasteiger partial charge in [-0.3, -0.25) is 14.9 Å². The molecule has 1 aromatic carbocycles. The van der Waals surface area contributed by atoms with Crippen molar-refractivity contribution in [1.29, 1.82) is 0 Å². The van der Waals surface area contributed by atoms with E-state index in [2.05, 4.69) is 0 Å². The molecule has 1 aromatic rings. The first-order valence-corrected chi connectivity index (χ1v) is 5.46. The first-order valence-electron chi connectivity index (χ1n) is 5.46. The van der Waals surface area contributed by atoms with Crippen molar-refractivity contribution in [3.63, 3.8) is 0 Å². The van der Waals surface area contributed by atoms with E-state index >= 15 is 0 Å². The Kier molecular flexibility index (Phi) is 4.20. The molecule has 0 aliphatic heterocycles. The number of ether oxygens (including phenoxy) is 1. The van der Waals surface area contributed by atoms with Crippen LogP contribution >= 0.6 is 0 Å². The molecular formula is C12H15NO4. The van der Waals surface area contributed by atoms with Crippen LogP contribution in [0.1, 0.15) is 36.7 Å². The molecule has 0 radical (unpaired) electrons. The minimum Gasteiger partial charge on any atom is -0.493 e. The summed E-state index contributed by atoms with van der Waals surface area (Å²) < 4.78 is 5.41. The predicted molar refractivity (Wildman–Crippen MR) is 63.6 cm³/mol. The van der Waals surface area contributed by atoms with Crippen molar-refractivity contribution in [2.75, 3.05) is 6.61 Å². The van der Waals surface area contributed by atoms with Gasteiger partial charge >= 0.3 is 0 Å². The molecule has 0 N–H and O–H groups in total. The van der Waals surface area contributed by atoms with Crippen molar-refractivity contribution < 1.29 is 14.5 Å². The van der Waals surface area contributed by atoms with Crippen LogP contribution in [0.5, 0.6) is 5.75 Å². The Balaban J connectivity index is 3.45. The van der Waals surface area contributed by atoms with Crippen LogP contribution in [0.3, 0.4) is 0 Å². The molecule has 0 spiro atoms. The highest BCUT2D eigenvalue weighted by molar-refractivity contribution is 5.98. The van der Waals surface area contributed by atoms with E-state index in [0.29, 0.717) is 24.3 Å². The van der Waals surface area contributed by atoms with Crippen LogP contribution < -0.4 is 4.74 Å². The molecule has 1 rings (SSSR count). The van der Waals surface area contributed by atoms with Gasteiger partial charge < -0.3 is 4.74 Å². The lowest BCUT2D eigenvalue weighted by Gasteiger charge is -2.12. The van der Waals surface area contributed by atoms with Crippen LogP contribution in [-0.2, 0) is 6.42 Å². The molecule has 0 saturated carbocycles. The smallest absolute Gasteiger partial charge is 0.270 e. The average Bonchev–Trinajstić information content (AvgIpc) is 2.28. The van der Waals surface area contributed by atoms with E-state index < -0.39 is 4.92 Å². The monoisotopic (exact) mass is 237 g/mol. The molecule has 0 aliphatic carbocycles. The summed E-state index contributed by atoms with van der Waals surface area (Å²) in [7, 11) is 0. The summed E-state index contributed by atoms with van der Waals surface area (Å²) in [4.78, 5) is 21.7. The lowest BCUT2D eigenvalue weighted by molar-refractivity contribution is -0.385. The van der Waals surface area contributed by atoms with Gasteiger partial charge in [-0.1, -0.05) is 6.92 Å². The van der Waals surface area contributed by atoms with E-state index in [1.54, 1.807) is 0 Å². The number of Topliss-reactive ketones (excluding diaryl/α,β-unsaturated/α-hetero) is 1. The fourth-order valence-electron chi connectivity index (χ4n) is 1.62. The van der Waals surface area contributed by atoms with E-state index in [4.69, 9.17) is 4.74 Å². The molecule has 5 nitrogen and oxygen atoms in total. The Morgan fingerprint density at radius 2 is 2.06 bits per heavy atom. The topological polar surface area (TPSA) is 69.4 Å². The summed E-state index contributed by atoms with van der Waals surface area (Å²) in [6.45, 7) is 5.47. The van der Waals surface area contributed by atoms with Crippen LogP contribution in [0.2, 0.25) is 0 Å². The number of benzene rings is 1. The SMILES string of the molecule is CCOc1c(CC)cc([N+](=O)[O-])cc1C(C)=O. The van der Waals surface area contributed by atoms with E-state index in [1.807, 2.05) is 13.8 Å². The zero-order valence-corrected chi connectivity index (χ0v) is 10.1. The predicted octanol–water partition coefficient (Wildman–Crippen LogP) is 2.76. The number of nitrogens with zero attached hydrogens (tertiary/aromatic N) is 1. The third-order valence-corrected chi connectivity index (χ3v) is 2.41. The number of hydrogen-bond acceptors (Lipinski definition) is 4. The van der Waals surface area contributed by atoms with E-state index in [0.717, 1.165) is 0 Å². The number of rotatable bonds is 5. The van der Waals surface area contributed by atoms with Crippen molar-refractivity contribution in [3.8, 4) is 5.75 Å². The molecule has 0 saturated heterocycles. The van der Waals surface area contributed by atoms with Crippen molar-refractivity contribution >= 4 is 11.5 Å². The second kappa shape index (κ2) is 5.43. The number of nitro benzene ring substituents is 1. The van der Waals surface area contributed by atoms with Crippen molar-refractivity contribution in [2.45, 2.75) is 27.2 Å². The molecule has 17 heavy (non-hydrogen) atoms. The number of carbonyl (C=O) groups excluding carboxylic acids is 1. The number of hydrogen-bond donors (Lipinski definition) is 0. The summed E-state index contributed by atoms with van der Waals surface area (Å²) in [5, 5.41) is 10.8. The van der Waals surface area contributed by atoms with Gasteiger partial charge in [0.15, 0.2) is 5.78 Å². The molecule has 0 aromatic heterocycles. The summed E-state index contributed by atoms with van der Waals surface area (Å²) in [5.74, 6) is 0.236. The molecule has 0 amide bonds. The van der Waals surface area contributed by atoms with Crippen LogP contribution in [0.25, 0.3) is 0 Å². The molecule has 0 unspecified atom stereocenters. The molecule has 0 aliphatic rings. The van der Waals surface area contributed by atoms with Crippen LogP contribution in [-0.4, -0.2) is 17.3 Å². The van der Waals surface area contributed by atoms with Gasteiger partial charge in [-0.05, 0) is 20.3 Å². The van der Waals surface area contributed by atoms with Crippen molar-refractivity contribution in [3.05, 3.63) is 33.4 Å². The van der Waals surface area contributed by atoms with Gasteiger partial charge in [-0.15, -0.1) is 0 Å². The maximum atomic E-state index is 11.5. The highest BCUT2D eigenvalue weighted by Crippen LogP contribution is 2.30. The summed E-state index contributed by atoms with van der Waals surface area (Å²) >= 11 is 0. The molecule has 0 bridgehead atoms. The second-order valence-electron chi connectivity index (χ2n) is 3.58. The summed E-state index contributed by atoms with van der Waals surface area (Å²) in [6.07, 6.45) is 0.581. The maximum Gasteiger partial charge on any atom is 0.270 e. The Morgan fingerprint density at radius 1 is 1.41 bits per heavy atom. The minimum absolute atomic E-state index is 0.0736. The Hall–Kier alpha value is -1.91. The number of aryl methyl sites for hydroxylation is 1. The molecule has 0 fully saturated rings. The third-order valence-electron chi connectivity index (χ3n) is 2.41. The van der Waals surface area contributed by atoms with Crippen LogP contribution in [0, 0.1) is 10.1 Å². The van der Waals surface area contributed by atoms with Gasteiger partial charge in [-0.2, -0.15) is 0 Å². The standard InChI is InChI=1S/C12H15NO4/c1-4-9-6-10(13(15)16)7-11(8(3)14)12(9)17-5-2/h6-7H,4-5H2,1-3H3. The largest absolute Gasteiger partial charge is 0.493 e. The highest BCUT2D eigenvalue weighted by Gasteiger charge is 2.19. The number of carbonyl (C=O) groups is 1. The number of non-ortho nitro benzene ring substituents is 1. The van der Waals surface area contributed by atoms with Gasteiger partial charge in [0.2, 0.25) is 0 Å². The van der Waals surface area contributed by atoms with Gasteiger partial charge in [-0.25, -0.2) is 0 Å². The first-order chi connectivity index (χ1) is 8.01. The summed E-state index contributed by atoms with van der Waals surface area (Å²) in [6, 6.07) is 2.73. The molecular weight excluding hydrogens is 222 g/mol. The number of nitro groups is 1. The van der Waals surface area contributed by atoms with Crippen LogP contribution in [0.15, 0.2) is 12.1 Å². The van der Waals surface area contributed by atoms with E-state index in [1.165, 1.54) is 19.1 Å². The zero-order chi connectivity index (χ0) is 13.0. The van der Waals surface area contributed by atoms with Crippen molar-refractivity contribution in [1.82, 2.24) is 0 Å². The maximum absolute atomic E-state index is 11.5. The Labute approximate surface area is 99.5 Å². The third kappa shape index (κ3) is 2.81. The van der Waals surface area contributed by atoms with Gasteiger partial charge in [0, 0.05) is 17.7 Å². The fourth-order valence-corrected chi connectivity index (χ4v) is 1.62. The second-order valence-corrected chi connectivity index (χ2v) is 3.58. The first kappa shape index (κ1) is 13.2. The van der Waals surface area contributed by atoms with Gasteiger partial charge in [0.1, 0.15) is 5.75 Å². The zero-order valence-electron chi connectivity index (χ0n) is 10.1. The lowest BCUT2D eigenvalue weighted by atomic mass is 10.0. The van der Waals surface area contributed by atoms with E-state index in [-0.39, 0.29) is 17.0 Å². The normalized spacial score (nSPS) is 10.1. The molecule has 0 heterocycles. The van der Waals surface area contributed by atoms with Crippen molar-refractivity contribution in [2.24, 2.45) is 0 Å². The van der Waals surface area contributed by atoms with E-state index in [9.17, 15) is 14.9 Å². The molecule has 0 atom stereocenters. The Bertz CT molecular complexity index is 454.